The van der Waals surface area contributed by atoms with Crippen LogP contribution >= 0.6 is 0 Å². The maximum atomic E-state index is 13.8. The first-order valence-electron chi connectivity index (χ1n) is 8.57. The van der Waals surface area contributed by atoms with Gasteiger partial charge in [-0.15, -0.1) is 0 Å². The van der Waals surface area contributed by atoms with Crippen molar-refractivity contribution in [2.24, 2.45) is 5.92 Å². The first-order chi connectivity index (χ1) is 11.9. The van der Waals surface area contributed by atoms with Gasteiger partial charge in [-0.2, -0.15) is 0 Å². The van der Waals surface area contributed by atoms with Crippen LogP contribution in [0.3, 0.4) is 0 Å². The van der Waals surface area contributed by atoms with Crippen LogP contribution < -0.4 is 0 Å². The molecule has 0 aromatic heterocycles. The fourth-order valence-corrected chi connectivity index (χ4v) is 4.77. The Kier molecular flexibility index (Phi) is 5.54. The minimum atomic E-state index is -3.12. The van der Waals surface area contributed by atoms with Crippen molar-refractivity contribution in [1.82, 2.24) is 9.80 Å². The molecule has 0 aliphatic carbocycles. The number of halogens is 1. The third-order valence-electron chi connectivity index (χ3n) is 4.73. The molecule has 0 N–H and O–H groups in total. The number of rotatable bonds is 4. The summed E-state index contributed by atoms with van der Waals surface area (Å²) in [5, 5.41) is 1.21. The first kappa shape index (κ1) is 18.1. The molecule has 3 rings (SSSR count). The number of nitrogens with zero attached hydrogens (tertiary/aromatic N) is 2. The normalized spacial score (nSPS) is 23.6. The summed E-state index contributed by atoms with van der Waals surface area (Å²) in [6.45, 7) is 3.30. The molecule has 2 aliphatic rings. The highest BCUT2D eigenvalue weighted by molar-refractivity contribution is 7.94. The number of hydrogen-bond acceptors (Lipinski definition) is 4. The van der Waals surface area contributed by atoms with E-state index in [1.165, 1.54) is 11.5 Å². The van der Waals surface area contributed by atoms with Gasteiger partial charge in [0, 0.05) is 56.0 Å². The van der Waals surface area contributed by atoms with Crippen LogP contribution in [0.5, 0.6) is 0 Å². The Morgan fingerprint density at radius 3 is 2.68 bits per heavy atom. The summed E-state index contributed by atoms with van der Waals surface area (Å²) < 4.78 is 36.7. The van der Waals surface area contributed by atoms with Crippen LogP contribution in [-0.2, 0) is 21.2 Å². The third-order valence-corrected chi connectivity index (χ3v) is 6.20. The summed E-state index contributed by atoms with van der Waals surface area (Å²) in [5.74, 6) is -0.380. The number of carbonyl (C=O) groups excluding carboxylic acids is 1. The summed E-state index contributed by atoms with van der Waals surface area (Å²) in [7, 11) is -3.12. The summed E-state index contributed by atoms with van der Waals surface area (Å²) >= 11 is 0. The van der Waals surface area contributed by atoms with Crippen molar-refractivity contribution in [2.45, 2.75) is 19.4 Å². The predicted octanol–water partition coefficient (Wildman–Crippen LogP) is 1.81. The second-order valence-corrected chi connectivity index (χ2v) is 8.66. The standard InChI is InChI=1S/C18H23FN2O3S/c19-17-5-2-1-4-16(17)13-20-7-3-8-21(10-9-20)18(22)12-15-6-11-25(23,24)14-15/h1-2,4-6,11,15H,3,7-10,12-14H2/t15-/m0/s1. The largest absolute Gasteiger partial charge is 0.341 e. The molecule has 0 unspecified atom stereocenters. The Balaban J connectivity index is 1.52. The fraction of sp³-hybridized carbons (Fsp3) is 0.500. The molecule has 1 saturated heterocycles. The molecule has 0 spiro atoms. The summed E-state index contributed by atoms with van der Waals surface area (Å²) in [6, 6.07) is 6.76. The van der Waals surface area contributed by atoms with Crippen LogP contribution in [0.2, 0.25) is 0 Å². The van der Waals surface area contributed by atoms with Crippen molar-refractivity contribution in [2.75, 3.05) is 31.9 Å². The molecule has 1 aromatic rings. The smallest absolute Gasteiger partial charge is 0.223 e. The molecule has 0 bridgehead atoms. The topological polar surface area (TPSA) is 57.7 Å². The molecular formula is C18H23FN2O3S. The van der Waals surface area contributed by atoms with Crippen molar-refractivity contribution < 1.29 is 17.6 Å². The zero-order valence-electron chi connectivity index (χ0n) is 14.1. The van der Waals surface area contributed by atoms with Crippen molar-refractivity contribution >= 4 is 15.7 Å². The van der Waals surface area contributed by atoms with Gasteiger partial charge in [0.2, 0.25) is 5.91 Å². The molecule has 1 amide bonds. The third kappa shape index (κ3) is 4.89. The van der Waals surface area contributed by atoms with E-state index in [1.807, 2.05) is 6.07 Å². The first-order valence-corrected chi connectivity index (χ1v) is 10.3. The monoisotopic (exact) mass is 366 g/mol. The lowest BCUT2D eigenvalue weighted by Crippen LogP contribution is -2.36. The van der Waals surface area contributed by atoms with Gasteiger partial charge in [-0.05, 0) is 12.5 Å². The quantitative estimate of drug-likeness (QED) is 0.816. The molecule has 2 aliphatic heterocycles. The molecule has 1 aromatic carbocycles. The zero-order valence-corrected chi connectivity index (χ0v) is 14.9. The van der Waals surface area contributed by atoms with Gasteiger partial charge >= 0.3 is 0 Å². The van der Waals surface area contributed by atoms with E-state index in [2.05, 4.69) is 4.90 Å². The average Bonchev–Trinajstić information content (AvgIpc) is 2.77. The van der Waals surface area contributed by atoms with Gasteiger partial charge in [0.25, 0.3) is 0 Å². The molecule has 1 fully saturated rings. The number of hydrogen-bond donors (Lipinski definition) is 0. The van der Waals surface area contributed by atoms with Crippen molar-refractivity contribution in [3.8, 4) is 0 Å². The molecule has 7 heteroatoms. The number of sulfone groups is 1. The maximum absolute atomic E-state index is 13.8. The molecule has 1 atom stereocenters. The predicted molar refractivity (Wildman–Crippen MR) is 93.9 cm³/mol. The van der Waals surface area contributed by atoms with E-state index in [1.54, 1.807) is 23.1 Å². The number of amides is 1. The van der Waals surface area contributed by atoms with Gasteiger partial charge in [0.1, 0.15) is 5.82 Å². The lowest BCUT2D eigenvalue weighted by molar-refractivity contribution is -0.131. The molecule has 0 radical (unpaired) electrons. The SMILES string of the molecule is O=C(C[C@@H]1C=CS(=O)(=O)C1)N1CCCN(Cc2ccccc2F)CC1. The van der Waals surface area contributed by atoms with E-state index in [0.717, 1.165) is 13.0 Å². The van der Waals surface area contributed by atoms with Gasteiger partial charge < -0.3 is 4.90 Å². The fourth-order valence-electron chi connectivity index (χ4n) is 3.37. The summed E-state index contributed by atoms with van der Waals surface area (Å²) in [6.07, 6.45) is 2.69. The highest BCUT2D eigenvalue weighted by atomic mass is 32.2. The second kappa shape index (κ2) is 7.66. The molecule has 25 heavy (non-hydrogen) atoms. The van der Waals surface area contributed by atoms with Crippen LogP contribution in [0, 0.1) is 11.7 Å². The lowest BCUT2D eigenvalue weighted by atomic mass is 10.1. The van der Waals surface area contributed by atoms with Crippen LogP contribution in [0.1, 0.15) is 18.4 Å². The Bertz CT molecular complexity index is 763. The van der Waals surface area contributed by atoms with Crippen LogP contribution in [0.25, 0.3) is 0 Å². The van der Waals surface area contributed by atoms with E-state index in [-0.39, 0.29) is 29.8 Å². The Morgan fingerprint density at radius 2 is 1.96 bits per heavy atom. The van der Waals surface area contributed by atoms with Crippen molar-refractivity contribution in [3.05, 3.63) is 47.1 Å². The molecule has 5 nitrogen and oxygen atoms in total. The average molecular weight is 366 g/mol. The highest BCUT2D eigenvalue weighted by Gasteiger charge is 2.27. The number of allylic oxidation sites excluding steroid dienone is 1. The van der Waals surface area contributed by atoms with E-state index < -0.39 is 9.84 Å². The van der Waals surface area contributed by atoms with Crippen molar-refractivity contribution in [3.63, 3.8) is 0 Å². The minimum absolute atomic E-state index is 0.000471. The highest BCUT2D eigenvalue weighted by Crippen LogP contribution is 2.20. The molecular weight excluding hydrogens is 343 g/mol. The van der Waals surface area contributed by atoms with Gasteiger partial charge in [-0.1, -0.05) is 24.3 Å². The maximum Gasteiger partial charge on any atom is 0.223 e. The van der Waals surface area contributed by atoms with E-state index in [0.29, 0.717) is 31.7 Å². The van der Waals surface area contributed by atoms with E-state index in [4.69, 9.17) is 0 Å². The molecule has 2 heterocycles. The lowest BCUT2D eigenvalue weighted by Gasteiger charge is -2.23. The summed E-state index contributed by atoms with van der Waals surface area (Å²) in [4.78, 5) is 16.4. The van der Waals surface area contributed by atoms with E-state index in [9.17, 15) is 17.6 Å². The second-order valence-electron chi connectivity index (χ2n) is 6.72. The number of benzene rings is 1. The van der Waals surface area contributed by atoms with Gasteiger partial charge in [-0.3, -0.25) is 9.69 Å². The minimum Gasteiger partial charge on any atom is -0.341 e. The zero-order chi connectivity index (χ0) is 17.9. The Morgan fingerprint density at radius 1 is 1.16 bits per heavy atom. The van der Waals surface area contributed by atoms with E-state index >= 15 is 0 Å². The Hall–Kier alpha value is -1.73. The molecule has 136 valence electrons. The molecule has 0 saturated carbocycles. The van der Waals surface area contributed by atoms with Crippen LogP contribution in [-0.4, -0.2) is 56.1 Å². The van der Waals surface area contributed by atoms with Gasteiger partial charge in [0.15, 0.2) is 9.84 Å². The van der Waals surface area contributed by atoms with Crippen LogP contribution in [0.15, 0.2) is 35.7 Å². The summed E-state index contributed by atoms with van der Waals surface area (Å²) in [5.41, 5.74) is 0.670. The van der Waals surface area contributed by atoms with Gasteiger partial charge in [-0.25, -0.2) is 12.8 Å². The van der Waals surface area contributed by atoms with Gasteiger partial charge in [0.05, 0.1) is 5.75 Å². The number of carbonyl (C=O) groups is 1. The van der Waals surface area contributed by atoms with Crippen LogP contribution in [0.4, 0.5) is 4.39 Å². The Labute approximate surface area is 148 Å². The van der Waals surface area contributed by atoms with Crippen molar-refractivity contribution in [1.29, 1.82) is 0 Å².